The number of hydrogen-bond donors (Lipinski definition) is 1. The molecule has 4 nitrogen and oxygen atoms in total. The van der Waals surface area contributed by atoms with E-state index in [2.05, 4.69) is 9.88 Å². The highest BCUT2D eigenvalue weighted by Crippen LogP contribution is 2.25. The van der Waals surface area contributed by atoms with Crippen molar-refractivity contribution in [3.63, 3.8) is 0 Å². The minimum atomic E-state index is -0.870. The van der Waals surface area contributed by atoms with Crippen LogP contribution >= 0.6 is 11.3 Å². The molecule has 5 heteroatoms. The van der Waals surface area contributed by atoms with Crippen LogP contribution in [-0.2, 0) is 19.5 Å². The van der Waals surface area contributed by atoms with Crippen LogP contribution in [0, 0.1) is 6.92 Å². The summed E-state index contributed by atoms with van der Waals surface area (Å²) in [6.45, 7) is 4.73. The van der Waals surface area contributed by atoms with Crippen molar-refractivity contribution in [2.75, 3.05) is 6.54 Å². The highest BCUT2D eigenvalue weighted by molar-refractivity contribution is 7.11. The maximum atomic E-state index is 11.0. The Morgan fingerprint density at radius 3 is 3.15 bits per heavy atom. The van der Waals surface area contributed by atoms with Crippen LogP contribution in [0.3, 0.4) is 0 Å². The fourth-order valence-electron chi connectivity index (χ4n) is 2.57. The zero-order chi connectivity index (χ0) is 14.1. The molecular weight excluding hydrogens is 272 g/mol. The summed E-state index contributed by atoms with van der Waals surface area (Å²) in [7, 11) is 0. The van der Waals surface area contributed by atoms with Crippen molar-refractivity contribution in [2.45, 2.75) is 26.4 Å². The van der Waals surface area contributed by atoms with Gasteiger partial charge in [0.1, 0.15) is 0 Å². The van der Waals surface area contributed by atoms with Crippen molar-refractivity contribution in [3.8, 4) is 0 Å². The average Bonchev–Trinajstić information content (AvgIpc) is 2.78. The summed E-state index contributed by atoms with van der Waals surface area (Å²) < 4.78 is 0. The zero-order valence-corrected chi connectivity index (χ0v) is 12.1. The van der Waals surface area contributed by atoms with Gasteiger partial charge in [0, 0.05) is 30.9 Å². The molecule has 0 bridgehead atoms. The van der Waals surface area contributed by atoms with Crippen molar-refractivity contribution in [3.05, 3.63) is 51.0 Å². The standard InChI is InChI=1S/C15H16N2O2S/c1-10-16-13-5-6-17(9-14(13)20-10)8-11-3-2-4-12(7-11)15(18)19/h2-4,7H,5-6,8-9H2,1H3,(H,18,19). The van der Waals surface area contributed by atoms with Gasteiger partial charge < -0.3 is 5.11 Å². The molecule has 1 N–H and O–H groups in total. The van der Waals surface area contributed by atoms with E-state index in [1.165, 1.54) is 10.6 Å². The van der Waals surface area contributed by atoms with Crippen LogP contribution in [0.4, 0.5) is 0 Å². The van der Waals surface area contributed by atoms with E-state index >= 15 is 0 Å². The monoisotopic (exact) mass is 288 g/mol. The smallest absolute Gasteiger partial charge is 0.335 e. The highest BCUT2D eigenvalue weighted by Gasteiger charge is 2.19. The molecule has 0 saturated carbocycles. The first-order valence-corrected chi connectivity index (χ1v) is 7.43. The molecule has 0 saturated heterocycles. The minimum Gasteiger partial charge on any atom is -0.478 e. The maximum absolute atomic E-state index is 11.0. The third kappa shape index (κ3) is 2.73. The molecule has 2 heterocycles. The number of benzene rings is 1. The van der Waals surface area contributed by atoms with Gasteiger partial charge in [0.15, 0.2) is 0 Å². The number of rotatable bonds is 3. The van der Waals surface area contributed by atoms with Gasteiger partial charge in [-0.1, -0.05) is 12.1 Å². The van der Waals surface area contributed by atoms with Crippen molar-refractivity contribution in [2.24, 2.45) is 0 Å². The fourth-order valence-corrected chi connectivity index (χ4v) is 3.60. The topological polar surface area (TPSA) is 53.4 Å². The van der Waals surface area contributed by atoms with Gasteiger partial charge in [0.05, 0.1) is 16.3 Å². The Morgan fingerprint density at radius 2 is 2.35 bits per heavy atom. The zero-order valence-electron chi connectivity index (χ0n) is 11.3. The molecule has 0 unspecified atom stereocenters. The average molecular weight is 288 g/mol. The van der Waals surface area contributed by atoms with Crippen LogP contribution in [0.5, 0.6) is 0 Å². The molecule has 0 amide bonds. The molecule has 20 heavy (non-hydrogen) atoms. The Hall–Kier alpha value is -1.72. The predicted molar refractivity (Wildman–Crippen MR) is 78.1 cm³/mol. The van der Waals surface area contributed by atoms with Crippen LogP contribution in [-0.4, -0.2) is 27.5 Å². The van der Waals surface area contributed by atoms with Crippen LogP contribution in [0.15, 0.2) is 24.3 Å². The van der Waals surface area contributed by atoms with E-state index in [9.17, 15) is 4.79 Å². The van der Waals surface area contributed by atoms with Crippen molar-refractivity contribution in [1.29, 1.82) is 0 Å². The molecule has 1 aliphatic rings. The lowest BCUT2D eigenvalue weighted by atomic mass is 10.1. The van der Waals surface area contributed by atoms with Crippen molar-refractivity contribution >= 4 is 17.3 Å². The number of carboxylic acid groups (broad SMARTS) is 1. The fraction of sp³-hybridized carbons (Fsp3) is 0.333. The number of thiazole rings is 1. The van der Waals surface area contributed by atoms with Gasteiger partial charge in [-0.15, -0.1) is 11.3 Å². The molecule has 1 aromatic heterocycles. The number of aryl methyl sites for hydroxylation is 1. The third-order valence-corrected chi connectivity index (χ3v) is 4.50. The van der Waals surface area contributed by atoms with E-state index in [4.69, 9.17) is 5.11 Å². The van der Waals surface area contributed by atoms with E-state index in [0.29, 0.717) is 5.56 Å². The SMILES string of the molecule is Cc1nc2c(s1)CN(Cc1cccc(C(=O)O)c1)CC2. The van der Waals surface area contributed by atoms with E-state index in [1.807, 2.05) is 19.1 Å². The molecule has 0 aliphatic carbocycles. The third-order valence-electron chi connectivity index (χ3n) is 3.50. The van der Waals surface area contributed by atoms with E-state index in [-0.39, 0.29) is 0 Å². The number of aromatic nitrogens is 1. The number of carbonyl (C=O) groups is 1. The Morgan fingerprint density at radius 1 is 1.50 bits per heavy atom. The van der Waals surface area contributed by atoms with E-state index < -0.39 is 5.97 Å². The number of fused-ring (bicyclic) bond motifs is 1. The number of aromatic carboxylic acids is 1. The summed E-state index contributed by atoms with van der Waals surface area (Å²) in [6.07, 6.45) is 0.984. The molecule has 0 radical (unpaired) electrons. The molecular formula is C15H16N2O2S. The van der Waals surface area contributed by atoms with Crippen molar-refractivity contribution in [1.82, 2.24) is 9.88 Å². The van der Waals surface area contributed by atoms with Gasteiger partial charge in [-0.05, 0) is 24.6 Å². The number of carboxylic acids is 1. The van der Waals surface area contributed by atoms with E-state index in [0.717, 1.165) is 36.6 Å². The van der Waals surface area contributed by atoms with Crippen LogP contribution in [0.1, 0.15) is 31.5 Å². The van der Waals surface area contributed by atoms with Crippen LogP contribution < -0.4 is 0 Å². The second-order valence-electron chi connectivity index (χ2n) is 5.07. The maximum Gasteiger partial charge on any atom is 0.335 e. The molecule has 104 valence electrons. The summed E-state index contributed by atoms with van der Waals surface area (Å²) in [6, 6.07) is 7.19. The first-order valence-electron chi connectivity index (χ1n) is 6.61. The Bertz CT molecular complexity index is 651. The summed E-state index contributed by atoms with van der Waals surface area (Å²) in [4.78, 5) is 19.2. The van der Waals surface area contributed by atoms with E-state index in [1.54, 1.807) is 23.5 Å². The summed E-state index contributed by atoms with van der Waals surface area (Å²) in [5.41, 5.74) is 2.64. The second kappa shape index (κ2) is 5.34. The quantitative estimate of drug-likeness (QED) is 0.943. The predicted octanol–water partition coefficient (Wildman–Crippen LogP) is 2.71. The molecule has 0 atom stereocenters. The minimum absolute atomic E-state index is 0.355. The number of nitrogens with zero attached hydrogens (tertiary/aromatic N) is 2. The summed E-state index contributed by atoms with van der Waals surface area (Å²) in [5.74, 6) is -0.870. The van der Waals surface area contributed by atoms with Gasteiger partial charge in [-0.3, -0.25) is 4.90 Å². The second-order valence-corrected chi connectivity index (χ2v) is 6.36. The lowest BCUT2D eigenvalue weighted by Crippen LogP contribution is -2.29. The van der Waals surface area contributed by atoms with Crippen molar-refractivity contribution < 1.29 is 9.90 Å². The summed E-state index contributed by atoms with van der Waals surface area (Å²) >= 11 is 1.77. The Labute approximate surface area is 121 Å². The molecule has 2 aromatic rings. The Kier molecular flexibility index (Phi) is 3.54. The number of hydrogen-bond acceptors (Lipinski definition) is 4. The molecule has 3 rings (SSSR count). The van der Waals surface area contributed by atoms with Gasteiger partial charge in [-0.2, -0.15) is 0 Å². The molecule has 1 aromatic carbocycles. The van der Waals surface area contributed by atoms with Gasteiger partial charge in [0.25, 0.3) is 0 Å². The lowest BCUT2D eigenvalue weighted by Gasteiger charge is -2.26. The first-order chi connectivity index (χ1) is 9.61. The van der Waals surface area contributed by atoms with Gasteiger partial charge >= 0.3 is 5.97 Å². The van der Waals surface area contributed by atoms with Gasteiger partial charge in [-0.25, -0.2) is 9.78 Å². The molecule has 0 spiro atoms. The van der Waals surface area contributed by atoms with Crippen LogP contribution in [0.2, 0.25) is 0 Å². The lowest BCUT2D eigenvalue weighted by molar-refractivity contribution is 0.0696. The first kappa shape index (κ1) is 13.3. The van der Waals surface area contributed by atoms with Crippen LogP contribution in [0.25, 0.3) is 0 Å². The Balaban J connectivity index is 1.73. The molecule has 0 fully saturated rings. The largest absolute Gasteiger partial charge is 0.478 e. The van der Waals surface area contributed by atoms with Gasteiger partial charge in [0.2, 0.25) is 0 Å². The highest BCUT2D eigenvalue weighted by atomic mass is 32.1. The summed E-state index contributed by atoms with van der Waals surface area (Å²) in [5, 5.41) is 10.2. The molecule has 1 aliphatic heterocycles. The normalized spacial score (nSPS) is 15.1.